The second-order valence-corrected chi connectivity index (χ2v) is 4.86. The molecule has 0 fully saturated rings. The Kier molecular flexibility index (Phi) is 4.74. The molecule has 0 N–H and O–H groups in total. The van der Waals surface area contributed by atoms with Crippen LogP contribution >= 0.6 is 11.6 Å². The van der Waals surface area contributed by atoms with Crippen LogP contribution in [0.25, 0.3) is 0 Å². The zero-order valence-corrected chi connectivity index (χ0v) is 11.7. The van der Waals surface area contributed by atoms with E-state index in [0.29, 0.717) is 5.75 Å². The second-order valence-electron chi connectivity index (χ2n) is 4.44. The molecule has 2 nitrogen and oxygen atoms in total. The maximum absolute atomic E-state index is 13.0. The molecule has 104 valence electrons. The highest BCUT2D eigenvalue weighted by molar-refractivity contribution is 6.63. The number of benzene rings is 2. The van der Waals surface area contributed by atoms with Gasteiger partial charge in [-0.2, -0.15) is 0 Å². The zero-order chi connectivity index (χ0) is 14.5. The van der Waals surface area contributed by atoms with Crippen LogP contribution in [-0.4, -0.2) is 12.4 Å². The molecule has 0 aromatic heterocycles. The summed E-state index contributed by atoms with van der Waals surface area (Å²) < 4.78 is 18.2. The average Bonchev–Trinajstić information content (AvgIpc) is 2.46. The Morgan fingerprint density at radius 3 is 2.50 bits per heavy atom. The number of halogens is 2. The van der Waals surface area contributed by atoms with E-state index in [1.54, 1.807) is 19.2 Å². The molecule has 0 saturated heterocycles. The van der Waals surface area contributed by atoms with E-state index in [2.05, 4.69) is 0 Å². The summed E-state index contributed by atoms with van der Waals surface area (Å²) in [7, 11) is 1.58. The van der Waals surface area contributed by atoms with Gasteiger partial charge in [-0.15, -0.1) is 0 Å². The molecule has 4 heteroatoms. The monoisotopic (exact) mass is 292 g/mol. The summed E-state index contributed by atoms with van der Waals surface area (Å²) in [5.74, 6) is 0.183. The molecule has 1 unspecified atom stereocenters. The Morgan fingerprint density at radius 2 is 1.90 bits per heavy atom. The van der Waals surface area contributed by atoms with E-state index in [4.69, 9.17) is 16.3 Å². The molecule has 2 aromatic carbocycles. The number of ether oxygens (including phenoxy) is 1. The fourth-order valence-corrected chi connectivity index (χ4v) is 2.30. The van der Waals surface area contributed by atoms with Crippen molar-refractivity contribution in [3.8, 4) is 5.75 Å². The van der Waals surface area contributed by atoms with Gasteiger partial charge in [-0.25, -0.2) is 4.39 Å². The van der Waals surface area contributed by atoms with E-state index in [9.17, 15) is 9.18 Å². The van der Waals surface area contributed by atoms with Gasteiger partial charge in [-0.3, -0.25) is 4.79 Å². The lowest BCUT2D eigenvalue weighted by Crippen LogP contribution is -2.05. The number of carbonyl (C=O) groups excluding carboxylic acids is 1. The summed E-state index contributed by atoms with van der Waals surface area (Å²) in [6.07, 6.45) is 0.153. The van der Waals surface area contributed by atoms with E-state index >= 15 is 0 Å². The van der Waals surface area contributed by atoms with Gasteiger partial charge < -0.3 is 4.74 Å². The maximum atomic E-state index is 13.0. The lowest BCUT2D eigenvalue weighted by Gasteiger charge is -2.17. The highest BCUT2D eigenvalue weighted by Gasteiger charge is 2.18. The Balaban J connectivity index is 2.40. The van der Waals surface area contributed by atoms with Gasteiger partial charge in [0, 0.05) is 12.3 Å². The third-order valence-electron chi connectivity index (χ3n) is 3.13. The number of methoxy groups -OCH3 is 1. The molecule has 0 bridgehead atoms. The third-order valence-corrected chi connectivity index (χ3v) is 3.29. The Morgan fingerprint density at radius 1 is 1.20 bits per heavy atom. The van der Waals surface area contributed by atoms with Crippen molar-refractivity contribution >= 4 is 16.8 Å². The van der Waals surface area contributed by atoms with Gasteiger partial charge in [0.05, 0.1) is 7.11 Å². The van der Waals surface area contributed by atoms with Crippen LogP contribution in [0.2, 0.25) is 0 Å². The summed E-state index contributed by atoms with van der Waals surface area (Å²) in [6.45, 7) is 0. The van der Waals surface area contributed by atoms with Crippen molar-refractivity contribution in [1.29, 1.82) is 0 Å². The lowest BCUT2D eigenvalue weighted by molar-refractivity contribution is -0.111. The highest BCUT2D eigenvalue weighted by atomic mass is 35.5. The molecule has 2 aromatic rings. The van der Waals surface area contributed by atoms with Gasteiger partial charge in [0.1, 0.15) is 11.6 Å². The fourth-order valence-electron chi connectivity index (χ4n) is 2.14. The summed E-state index contributed by atoms with van der Waals surface area (Å²) in [5, 5.41) is -0.429. The van der Waals surface area contributed by atoms with Crippen molar-refractivity contribution in [2.45, 2.75) is 12.3 Å². The van der Waals surface area contributed by atoms with Gasteiger partial charge in [0.15, 0.2) is 0 Å². The minimum absolute atomic E-state index is 0.153. The van der Waals surface area contributed by atoms with Crippen molar-refractivity contribution in [3.63, 3.8) is 0 Å². The van der Waals surface area contributed by atoms with Crippen LogP contribution < -0.4 is 4.74 Å². The number of hydrogen-bond donors (Lipinski definition) is 0. The molecule has 0 heterocycles. The second kappa shape index (κ2) is 6.53. The van der Waals surface area contributed by atoms with Gasteiger partial charge in [0.2, 0.25) is 5.24 Å². The average molecular weight is 293 g/mol. The van der Waals surface area contributed by atoms with Crippen LogP contribution in [0.15, 0.2) is 48.5 Å². The van der Waals surface area contributed by atoms with Gasteiger partial charge in [-0.05, 0) is 47.0 Å². The van der Waals surface area contributed by atoms with Crippen LogP contribution in [-0.2, 0) is 4.79 Å². The molecular weight excluding hydrogens is 279 g/mol. The lowest BCUT2D eigenvalue weighted by atomic mass is 9.89. The molecule has 2 rings (SSSR count). The first-order chi connectivity index (χ1) is 9.60. The molecule has 20 heavy (non-hydrogen) atoms. The minimum Gasteiger partial charge on any atom is -0.497 e. The predicted octanol–water partition coefficient (Wildman–Crippen LogP) is 4.12. The minimum atomic E-state index is -0.429. The molecule has 0 spiro atoms. The molecule has 0 aliphatic heterocycles. The summed E-state index contributed by atoms with van der Waals surface area (Å²) in [5.41, 5.74) is 1.75. The molecule has 0 amide bonds. The van der Waals surface area contributed by atoms with Crippen LogP contribution in [0.1, 0.15) is 23.5 Å². The summed E-state index contributed by atoms with van der Waals surface area (Å²) >= 11 is 5.53. The van der Waals surface area contributed by atoms with Crippen LogP contribution in [0.4, 0.5) is 4.39 Å². The summed E-state index contributed by atoms with van der Waals surface area (Å²) in [4.78, 5) is 11.3. The smallest absolute Gasteiger partial charge is 0.222 e. The molecular formula is C16H14ClFO2. The SMILES string of the molecule is COc1cccc(C(CC(=O)Cl)c2ccc(F)cc2)c1. The predicted molar refractivity (Wildman–Crippen MR) is 76.7 cm³/mol. The first kappa shape index (κ1) is 14.5. The van der Waals surface area contributed by atoms with Crippen molar-refractivity contribution in [2.75, 3.05) is 7.11 Å². The Hall–Kier alpha value is -1.87. The zero-order valence-electron chi connectivity index (χ0n) is 11.0. The largest absolute Gasteiger partial charge is 0.497 e. The van der Waals surface area contributed by atoms with E-state index in [1.165, 1.54) is 12.1 Å². The van der Waals surface area contributed by atoms with E-state index in [0.717, 1.165) is 11.1 Å². The topological polar surface area (TPSA) is 26.3 Å². The van der Waals surface area contributed by atoms with E-state index < -0.39 is 5.24 Å². The van der Waals surface area contributed by atoms with Crippen molar-refractivity contribution < 1.29 is 13.9 Å². The van der Waals surface area contributed by atoms with Gasteiger partial charge in [0.25, 0.3) is 0 Å². The van der Waals surface area contributed by atoms with E-state index in [1.807, 2.05) is 24.3 Å². The third kappa shape index (κ3) is 3.58. The Bertz CT molecular complexity index is 596. The number of carbonyl (C=O) groups is 1. The fraction of sp³-hybridized carbons (Fsp3) is 0.188. The quantitative estimate of drug-likeness (QED) is 0.775. The highest BCUT2D eigenvalue weighted by Crippen LogP contribution is 2.31. The molecule has 1 atom stereocenters. The molecule has 0 aliphatic carbocycles. The molecule has 0 radical (unpaired) electrons. The van der Waals surface area contributed by atoms with Crippen molar-refractivity contribution in [3.05, 3.63) is 65.5 Å². The van der Waals surface area contributed by atoms with Crippen LogP contribution in [0.3, 0.4) is 0 Å². The van der Waals surface area contributed by atoms with Crippen molar-refractivity contribution in [1.82, 2.24) is 0 Å². The number of hydrogen-bond acceptors (Lipinski definition) is 2. The standard InChI is InChI=1S/C16H14ClFO2/c1-20-14-4-2-3-12(9-14)15(10-16(17)19)11-5-7-13(18)8-6-11/h2-9,15H,10H2,1H3. The Labute approximate surface area is 122 Å². The van der Waals surface area contributed by atoms with Crippen molar-refractivity contribution in [2.24, 2.45) is 0 Å². The maximum Gasteiger partial charge on any atom is 0.222 e. The van der Waals surface area contributed by atoms with Crippen LogP contribution in [0.5, 0.6) is 5.75 Å². The normalized spacial score (nSPS) is 11.9. The first-order valence-electron chi connectivity index (χ1n) is 6.18. The van der Waals surface area contributed by atoms with Gasteiger partial charge >= 0.3 is 0 Å². The van der Waals surface area contributed by atoms with Crippen LogP contribution in [0, 0.1) is 5.82 Å². The molecule has 0 aliphatic rings. The summed E-state index contributed by atoms with van der Waals surface area (Å²) in [6, 6.07) is 13.5. The molecule has 0 saturated carbocycles. The number of rotatable bonds is 5. The van der Waals surface area contributed by atoms with Gasteiger partial charge in [-0.1, -0.05) is 24.3 Å². The first-order valence-corrected chi connectivity index (χ1v) is 6.55. The van der Waals surface area contributed by atoms with E-state index in [-0.39, 0.29) is 18.2 Å².